The highest BCUT2D eigenvalue weighted by Crippen LogP contribution is 2.06. The highest BCUT2D eigenvalue weighted by molar-refractivity contribution is 4.68. The molecular formula is C9H19NO2. The van der Waals surface area contributed by atoms with Crippen LogP contribution in [0.3, 0.4) is 0 Å². The van der Waals surface area contributed by atoms with Gasteiger partial charge in [0.1, 0.15) is 0 Å². The van der Waals surface area contributed by atoms with Crippen LogP contribution in [0.1, 0.15) is 25.7 Å². The third-order valence-corrected chi connectivity index (χ3v) is 2.16. The van der Waals surface area contributed by atoms with Crippen molar-refractivity contribution in [2.45, 2.75) is 31.8 Å². The van der Waals surface area contributed by atoms with Gasteiger partial charge in [0, 0.05) is 19.8 Å². The number of aliphatic hydroxyl groups is 1. The molecule has 12 heavy (non-hydrogen) atoms. The van der Waals surface area contributed by atoms with Crippen molar-refractivity contribution in [1.29, 1.82) is 0 Å². The molecule has 1 heterocycles. The van der Waals surface area contributed by atoms with Crippen LogP contribution in [0, 0.1) is 0 Å². The Balaban J connectivity index is 1.91. The fraction of sp³-hybridized carbons (Fsp3) is 1.00. The molecule has 0 saturated carbocycles. The number of aliphatic hydroxyl groups excluding tert-OH is 1. The predicted octanol–water partition coefficient (Wildman–Crippen LogP) is 0.527. The Kier molecular flexibility index (Phi) is 5.32. The molecule has 0 amide bonds. The zero-order valence-corrected chi connectivity index (χ0v) is 7.59. The van der Waals surface area contributed by atoms with E-state index in [1.165, 1.54) is 12.8 Å². The Labute approximate surface area is 74.1 Å². The highest BCUT2D eigenvalue weighted by Gasteiger charge is 2.11. The number of hydrogen-bond acceptors (Lipinski definition) is 3. The van der Waals surface area contributed by atoms with Gasteiger partial charge in [-0.1, -0.05) is 0 Å². The minimum absolute atomic E-state index is 0.284. The zero-order valence-electron chi connectivity index (χ0n) is 7.59. The number of hydrogen-bond donors (Lipinski definition) is 2. The van der Waals surface area contributed by atoms with Crippen molar-refractivity contribution in [2.75, 3.05) is 26.3 Å². The second-order valence-electron chi connectivity index (χ2n) is 3.27. The van der Waals surface area contributed by atoms with Gasteiger partial charge in [0.25, 0.3) is 0 Å². The number of piperidine rings is 1. The fourth-order valence-corrected chi connectivity index (χ4v) is 1.43. The molecule has 3 nitrogen and oxygen atoms in total. The lowest BCUT2D eigenvalue weighted by molar-refractivity contribution is 0.0332. The molecule has 0 radical (unpaired) electrons. The minimum Gasteiger partial charge on any atom is -0.396 e. The van der Waals surface area contributed by atoms with Gasteiger partial charge < -0.3 is 15.2 Å². The van der Waals surface area contributed by atoms with Crippen molar-refractivity contribution in [1.82, 2.24) is 5.32 Å². The summed E-state index contributed by atoms with van der Waals surface area (Å²) in [6.45, 7) is 3.22. The summed E-state index contributed by atoms with van der Waals surface area (Å²) in [5, 5.41) is 11.8. The Morgan fingerprint density at radius 2 is 2.33 bits per heavy atom. The van der Waals surface area contributed by atoms with Gasteiger partial charge in [-0.2, -0.15) is 0 Å². The molecule has 1 unspecified atom stereocenters. The SMILES string of the molecule is OCCCCOC1CCCNC1. The fourth-order valence-electron chi connectivity index (χ4n) is 1.43. The van der Waals surface area contributed by atoms with E-state index < -0.39 is 0 Å². The topological polar surface area (TPSA) is 41.5 Å². The first-order valence-electron chi connectivity index (χ1n) is 4.86. The molecule has 3 heteroatoms. The van der Waals surface area contributed by atoms with Gasteiger partial charge in [-0.05, 0) is 32.2 Å². The molecule has 0 aromatic carbocycles. The summed E-state index contributed by atoms with van der Waals surface area (Å²) in [5.74, 6) is 0. The van der Waals surface area contributed by atoms with Crippen molar-refractivity contribution in [3.05, 3.63) is 0 Å². The molecule has 1 fully saturated rings. The molecule has 1 atom stereocenters. The predicted molar refractivity (Wildman–Crippen MR) is 48.2 cm³/mol. The van der Waals surface area contributed by atoms with Crippen LogP contribution in [0.5, 0.6) is 0 Å². The molecule has 0 spiro atoms. The Hall–Kier alpha value is -0.120. The number of nitrogens with one attached hydrogen (secondary N) is 1. The van der Waals surface area contributed by atoms with Crippen LogP contribution in [0.15, 0.2) is 0 Å². The lowest BCUT2D eigenvalue weighted by Crippen LogP contribution is -2.35. The molecule has 0 aliphatic carbocycles. The van der Waals surface area contributed by atoms with E-state index >= 15 is 0 Å². The first-order valence-corrected chi connectivity index (χ1v) is 4.86. The lowest BCUT2D eigenvalue weighted by Gasteiger charge is -2.22. The molecule has 0 aromatic heterocycles. The summed E-state index contributed by atoms with van der Waals surface area (Å²) in [5.41, 5.74) is 0. The third kappa shape index (κ3) is 4.04. The first kappa shape index (κ1) is 9.96. The van der Waals surface area contributed by atoms with Crippen LogP contribution in [-0.2, 0) is 4.74 Å². The van der Waals surface area contributed by atoms with Gasteiger partial charge in [0.2, 0.25) is 0 Å². The highest BCUT2D eigenvalue weighted by atomic mass is 16.5. The average Bonchev–Trinajstić information content (AvgIpc) is 2.14. The second-order valence-corrected chi connectivity index (χ2v) is 3.27. The van der Waals surface area contributed by atoms with Crippen LogP contribution < -0.4 is 5.32 Å². The Morgan fingerprint density at radius 1 is 1.42 bits per heavy atom. The van der Waals surface area contributed by atoms with Gasteiger partial charge >= 0.3 is 0 Å². The van der Waals surface area contributed by atoms with Gasteiger partial charge in [0.05, 0.1) is 6.10 Å². The summed E-state index contributed by atoms with van der Waals surface area (Å²) in [4.78, 5) is 0. The van der Waals surface area contributed by atoms with Gasteiger partial charge in [-0.25, -0.2) is 0 Å². The number of rotatable bonds is 5. The van der Waals surface area contributed by atoms with E-state index in [1.807, 2.05) is 0 Å². The zero-order chi connectivity index (χ0) is 8.65. The molecule has 1 saturated heterocycles. The molecule has 1 rings (SSSR count). The lowest BCUT2D eigenvalue weighted by atomic mass is 10.1. The minimum atomic E-state index is 0.284. The van der Waals surface area contributed by atoms with E-state index in [1.54, 1.807) is 0 Å². The van der Waals surface area contributed by atoms with Gasteiger partial charge in [0.15, 0.2) is 0 Å². The van der Waals surface area contributed by atoms with Crippen molar-refractivity contribution in [2.24, 2.45) is 0 Å². The van der Waals surface area contributed by atoms with Crippen LogP contribution in [-0.4, -0.2) is 37.5 Å². The summed E-state index contributed by atoms with van der Waals surface area (Å²) >= 11 is 0. The molecule has 72 valence electrons. The van der Waals surface area contributed by atoms with Crippen LogP contribution in [0.25, 0.3) is 0 Å². The van der Waals surface area contributed by atoms with Crippen molar-refractivity contribution >= 4 is 0 Å². The van der Waals surface area contributed by atoms with Crippen molar-refractivity contribution in [3.63, 3.8) is 0 Å². The van der Waals surface area contributed by atoms with E-state index in [4.69, 9.17) is 9.84 Å². The molecule has 2 N–H and O–H groups in total. The van der Waals surface area contributed by atoms with E-state index in [2.05, 4.69) is 5.32 Å². The molecule has 0 bridgehead atoms. The monoisotopic (exact) mass is 173 g/mol. The second kappa shape index (κ2) is 6.40. The van der Waals surface area contributed by atoms with Gasteiger partial charge in [-0.15, -0.1) is 0 Å². The Bertz CT molecular complexity index is 103. The molecule has 1 aliphatic heterocycles. The smallest absolute Gasteiger partial charge is 0.0699 e. The summed E-state index contributed by atoms with van der Waals surface area (Å²) < 4.78 is 5.61. The quantitative estimate of drug-likeness (QED) is 0.596. The maximum absolute atomic E-state index is 8.54. The summed E-state index contributed by atoms with van der Waals surface area (Å²) in [6.07, 6.45) is 4.67. The van der Waals surface area contributed by atoms with Crippen LogP contribution in [0.2, 0.25) is 0 Å². The standard InChI is InChI=1S/C9H19NO2/c11-6-1-2-7-12-9-4-3-5-10-8-9/h9-11H,1-8H2. The maximum Gasteiger partial charge on any atom is 0.0699 e. The molecule has 0 aromatic rings. The normalized spacial score (nSPS) is 24.2. The van der Waals surface area contributed by atoms with Crippen molar-refractivity contribution < 1.29 is 9.84 Å². The van der Waals surface area contributed by atoms with E-state index in [-0.39, 0.29) is 6.61 Å². The molecule has 1 aliphatic rings. The number of ether oxygens (including phenoxy) is 1. The first-order chi connectivity index (χ1) is 5.93. The van der Waals surface area contributed by atoms with Gasteiger partial charge in [-0.3, -0.25) is 0 Å². The third-order valence-electron chi connectivity index (χ3n) is 2.16. The van der Waals surface area contributed by atoms with Crippen LogP contribution in [0.4, 0.5) is 0 Å². The van der Waals surface area contributed by atoms with E-state index in [0.29, 0.717) is 6.10 Å². The largest absolute Gasteiger partial charge is 0.396 e. The average molecular weight is 173 g/mol. The summed E-state index contributed by atoms with van der Waals surface area (Å²) in [6, 6.07) is 0. The summed E-state index contributed by atoms with van der Waals surface area (Å²) in [7, 11) is 0. The van der Waals surface area contributed by atoms with E-state index in [0.717, 1.165) is 32.5 Å². The molecular weight excluding hydrogens is 154 g/mol. The maximum atomic E-state index is 8.54. The van der Waals surface area contributed by atoms with Crippen LogP contribution >= 0.6 is 0 Å². The number of unbranched alkanes of at least 4 members (excludes halogenated alkanes) is 1. The Morgan fingerprint density at radius 3 is 3.00 bits per heavy atom. The van der Waals surface area contributed by atoms with E-state index in [9.17, 15) is 0 Å². The van der Waals surface area contributed by atoms with Crippen molar-refractivity contribution in [3.8, 4) is 0 Å².